The highest BCUT2D eigenvalue weighted by atomic mass is 16.5. The number of ketones is 1. The van der Waals surface area contributed by atoms with Crippen molar-refractivity contribution in [1.82, 2.24) is 0 Å². The van der Waals surface area contributed by atoms with Crippen molar-refractivity contribution in [3.05, 3.63) is 52.6 Å². The molecule has 0 radical (unpaired) electrons. The third-order valence-electron chi connectivity index (χ3n) is 5.89. The number of carbonyl (C=O) groups excluding carboxylic acids is 1. The minimum atomic E-state index is -1.24. The van der Waals surface area contributed by atoms with Crippen molar-refractivity contribution in [2.45, 2.75) is 58.0 Å². The lowest BCUT2D eigenvalue weighted by Gasteiger charge is -2.41. The van der Waals surface area contributed by atoms with E-state index < -0.39 is 23.9 Å². The van der Waals surface area contributed by atoms with Gasteiger partial charge in [0, 0.05) is 17.7 Å². The highest BCUT2D eigenvalue weighted by molar-refractivity contribution is 6.02. The lowest BCUT2D eigenvalue weighted by Crippen LogP contribution is -2.48. The summed E-state index contributed by atoms with van der Waals surface area (Å²) in [6.45, 7) is 7.50. The number of rotatable bonds is 4. The number of phenols is 2. The van der Waals surface area contributed by atoms with Gasteiger partial charge in [-0.1, -0.05) is 5.57 Å². The van der Waals surface area contributed by atoms with Crippen LogP contribution in [0.2, 0.25) is 0 Å². The molecule has 2 aromatic carbocycles. The largest absolute Gasteiger partial charge is 0.508 e. The van der Waals surface area contributed by atoms with Gasteiger partial charge in [0.1, 0.15) is 53.3 Å². The maximum absolute atomic E-state index is 12.7. The second kappa shape index (κ2) is 8.28. The predicted molar refractivity (Wildman–Crippen MR) is 119 cm³/mol. The van der Waals surface area contributed by atoms with E-state index in [2.05, 4.69) is 0 Å². The second-order valence-electron chi connectivity index (χ2n) is 9.20. The topological polar surface area (TPSA) is 126 Å². The van der Waals surface area contributed by atoms with Crippen LogP contribution in [0, 0.1) is 0 Å². The molecule has 0 bridgehead atoms. The summed E-state index contributed by atoms with van der Waals surface area (Å²) in [5.74, 6) is -0.192. The van der Waals surface area contributed by atoms with Crippen LogP contribution in [0.5, 0.6) is 28.7 Å². The van der Waals surface area contributed by atoms with Crippen molar-refractivity contribution < 1.29 is 39.4 Å². The van der Waals surface area contributed by atoms with Crippen LogP contribution in [-0.4, -0.2) is 44.5 Å². The number of hydrogen-bond donors (Lipinski definition) is 4. The van der Waals surface area contributed by atoms with Crippen molar-refractivity contribution in [3.8, 4) is 28.7 Å². The molecule has 0 fully saturated rings. The Hall–Kier alpha value is -3.23. The maximum Gasteiger partial charge on any atom is 0.174 e. The zero-order valence-electron chi connectivity index (χ0n) is 19.0. The number of benzene rings is 2. The Kier molecular flexibility index (Phi) is 5.76. The quantitative estimate of drug-likeness (QED) is 0.513. The summed E-state index contributed by atoms with van der Waals surface area (Å²) in [6.07, 6.45) is -1.37. The Labute approximate surface area is 191 Å². The predicted octanol–water partition coefficient (Wildman–Crippen LogP) is 3.71. The number of hydrogen-bond acceptors (Lipinski definition) is 8. The number of ether oxygens (including phenoxy) is 3. The van der Waals surface area contributed by atoms with Crippen LogP contribution in [0.3, 0.4) is 0 Å². The van der Waals surface area contributed by atoms with Crippen LogP contribution in [0.1, 0.15) is 67.8 Å². The van der Waals surface area contributed by atoms with E-state index >= 15 is 0 Å². The number of carbonyl (C=O) groups is 1. The highest BCUT2D eigenvalue weighted by Crippen LogP contribution is 2.48. The van der Waals surface area contributed by atoms with E-state index in [0.717, 1.165) is 11.6 Å². The third-order valence-corrected chi connectivity index (χ3v) is 5.89. The molecule has 8 nitrogen and oxygen atoms in total. The first-order chi connectivity index (χ1) is 15.5. The van der Waals surface area contributed by atoms with Gasteiger partial charge in [-0.25, -0.2) is 0 Å². The Bertz CT molecular complexity index is 1130. The summed E-state index contributed by atoms with van der Waals surface area (Å²) in [5.41, 5.74) is 0.884. The average molecular weight is 456 g/mol. The molecule has 2 aliphatic heterocycles. The molecule has 33 heavy (non-hydrogen) atoms. The maximum atomic E-state index is 12.7. The summed E-state index contributed by atoms with van der Waals surface area (Å²) < 4.78 is 17.9. The van der Waals surface area contributed by atoms with Crippen molar-refractivity contribution in [1.29, 1.82) is 0 Å². The molecule has 2 aromatic rings. The molecule has 0 spiro atoms. The van der Waals surface area contributed by atoms with Gasteiger partial charge in [-0.15, -0.1) is 0 Å². The molecule has 0 aliphatic carbocycles. The smallest absolute Gasteiger partial charge is 0.174 e. The van der Waals surface area contributed by atoms with Gasteiger partial charge in [0.25, 0.3) is 0 Å². The molecule has 0 saturated carbocycles. The van der Waals surface area contributed by atoms with E-state index in [1.807, 2.05) is 19.9 Å². The van der Waals surface area contributed by atoms with Crippen molar-refractivity contribution >= 4 is 5.78 Å². The molecule has 4 rings (SSSR count). The molecule has 0 amide bonds. The Balaban J connectivity index is 1.78. The molecular formula is C25H28O8. The summed E-state index contributed by atoms with van der Waals surface area (Å²) in [5, 5.41) is 41.3. The lowest BCUT2D eigenvalue weighted by atomic mass is 9.86. The fourth-order valence-corrected chi connectivity index (χ4v) is 4.05. The average Bonchev–Trinajstić information content (AvgIpc) is 2.71. The SMILES string of the molecule is CC(C)=CCOc1cc([C@H]2CC(=O)c3c(O)cc(O)cc3O2)cc2c1OC(C)(C)[C@@H](O)[C@@H]2O. The van der Waals surface area contributed by atoms with Gasteiger partial charge >= 0.3 is 0 Å². The fourth-order valence-electron chi connectivity index (χ4n) is 4.05. The van der Waals surface area contributed by atoms with Gasteiger partial charge in [0.05, 0.1) is 6.42 Å². The van der Waals surface area contributed by atoms with Crippen LogP contribution < -0.4 is 14.2 Å². The monoisotopic (exact) mass is 456 g/mol. The van der Waals surface area contributed by atoms with E-state index in [-0.39, 0.29) is 41.6 Å². The number of aliphatic hydroxyl groups excluding tert-OH is 2. The van der Waals surface area contributed by atoms with Gasteiger partial charge in [-0.3, -0.25) is 4.79 Å². The summed E-state index contributed by atoms with van der Waals surface area (Å²) in [6, 6.07) is 5.67. The fraction of sp³-hybridized carbons (Fsp3) is 0.400. The molecule has 4 N–H and O–H groups in total. The van der Waals surface area contributed by atoms with Gasteiger partial charge in [0.15, 0.2) is 17.3 Å². The van der Waals surface area contributed by atoms with Crippen LogP contribution in [0.25, 0.3) is 0 Å². The van der Waals surface area contributed by atoms with Gasteiger partial charge in [-0.2, -0.15) is 0 Å². The second-order valence-corrected chi connectivity index (χ2v) is 9.20. The number of allylic oxidation sites excluding steroid dienone is 1. The molecule has 3 atom stereocenters. The Morgan fingerprint density at radius 3 is 2.61 bits per heavy atom. The van der Waals surface area contributed by atoms with E-state index in [9.17, 15) is 25.2 Å². The first-order valence-corrected chi connectivity index (χ1v) is 10.7. The molecule has 2 aliphatic rings. The molecule has 0 unspecified atom stereocenters. The number of aromatic hydroxyl groups is 2. The number of aliphatic hydroxyl groups is 2. The number of fused-ring (bicyclic) bond motifs is 2. The number of Topliss-reactive ketones (excluding diaryl/α,β-unsaturated/α-hetero) is 1. The van der Waals surface area contributed by atoms with Crippen molar-refractivity contribution in [2.75, 3.05) is 6.61 Å². The minimum Gasteiger partial charge on any atom is -0.508 e. The van der Waals surface area contributed by atoms with Gasteiger partial charge < -0.3 is 34.6 Å². The normalized spacial score (nSPS) is 23.0. The van der Waals surface area contributed by atoms with Crippen molar-refractivity contribution in [2.24, 2.45) is 0 Å². The zero-order valence-corrected chi connectivity index (χ0v) is 19.0. The summed E-state index contributed by atoms with van der Waals surface area (Å²) in [7, 11) is 0. The summed E-state index contributed by atoms with van der Waals surface area (Å²) >= 11 is 0. The van der Waals surface area contributed by atoms with Crippen LogP contribution >= 0.6 is 0 Å². The Morgan fingerprint density at radius 1 is 1.18 bits per heavy atom. The molecule has 176 valence electrons. The molecule has 0 saturated heterocycles. The Morgan fingerprint density at radius 2 is 1.91 bits per heavy atom. The van der Waals surface area contributed by atoms with E-state index in [4.69, 9.17) is 14.2 Å². The minimum absolute atomic E-state index is 0.0163. The van der Waals surface area contributed by atoms with Crippen molar-refractivity contribution in [3.63, 3.8) is 0 Å². The van der Waals surface area contributed by atoms with Gasteiger partial charge in [-0.05, 0) is 51.5 Å². The highest BCUT2D eigenvalue weighted by Gasteiger charge is 2.44. The number of phenolic OH excluding ortho intramolecular Hbond substituents is 2. The van der Waals surface area contributed by atoms with E-state index in [1.165, 1.54) is 6.07 Å². The molecule has 8 heteroatoms. The van der Waals surface area contributed by atoms with Gasteiger partial charge in [0.2, 0.25) is 0 Å². The lowest BCUT2D eigenvalue weighted by molar-refractivity contribution is -0.112. The van der Waals surface area contributed by atoms with Crippen LogP contribution in [0.15, 0.2) is 35.9 Å². The molecule has 2 heterocycles. The van der Waals surface area contributed by atoms with E-state index in [0.29, 0.717) is 22.6 Å². The van der Waals surface area contributed by atoms with Crippen LogP contribution in [0.4, 0.5) is 0 Å². The third kappa shape index (κ3) is 4.24. The van der Waals surface area contributed by atoms with E-state index in [1.54, 1.807) is 26.0 Å². The standard InChI is InChI=1S/C25H28O8/c1-12(2)5-6-31-20-8-13(7-15-22(29)24(30)25(3,4)33-23(15)20)18-11-17(28)21-16(27)9-14(26)10-19(21)32-18/h5,7-10,18,22,24,26-27,29-30H,6,11H2,1-4H3/t18-,22-,24+/m1/s1. The zero-order chi connectivity index (χ0) is 24.1. The molecular weight excluding hydrogens is 428 g/mol. The first kappa shape index (κ1) is 22.9. The van der Waals surface area contributed by atoms with Crippen LogP contribution in [-0.2, 0) is 0 Å². The molecule has 0 aromatic heterocycles. The summed E-state index contributed by atoms with van der Waals surface area (Å²) in [4.78, 5) is 12.7. The first-order valence-electron chi connectivity index (χ1n) is 10.7.